The monoisotopic (exact) mass is 252 g/mol. The molecule has 4 nitrogen and oxygen atoms in total. The van der Waals surface area contributed by atoms with Gasteiger partial charge >= 0.3 is 0 Å². The normalized spacial score (nSPS) is 23.1. The molecule has 0 bridgehead atoms. The van der Waals surface area contributed by atoms with E-state index in [9.17, 15) is 9.18 Å². The second-order valence-corrected chi connectivity index (χ2v) is 4.49. The summed E-state index contributed by atoms with van der Waals surface area (Å²) in [5, 5.41) is 0. The third-order valence-electron chi connectivity index (χ3n) is 3.16. The highest BCUT2D eigenvalue weighted by atomic mass is 19.1. The van der Waals surface area contributed by atoms with Gasteiger partial charge in [-0.15, -0.1) is 0 Å². The van der Waals surface area contributed by atoms with Crippen molar-refractivity contribution in [1.82, 2.24) is 0 Å². The van der Waals surface area contributed by atoms with Crippen molar-refractivity contribution in [2.45, 2.75) is 18.9 Å². The van der Waals surface area contributed by atoms with E-state index in [1.807, 2.05) is 6.92 Å². The number of hydrogen-bond donors (Lipinski definition) is 1. The highest BCUT2D eigenvalue weighted by Crippen LogP contribution is 2.23. The number of benzene rings is 1. The number of hydrogen-bond acceptors (Lipinski definition) is 3. The van der Waals surface area contributed by atoms with Gasteiger partial charge in [0.15, 0.2) is 0 Å². The average molecular weight is 252 g/mol. The molecule has 1 aliphatic rings. The zero-order valence-corrected chi connectivity index (χ0v) is 10.4. The first-order chi connectivity index (χ1) is 8.57. The molecule has 0 aliphatic carbocycles. The highest BCUT2D eigenvalue weighted by Gasteiger charge is 2.41. The van der Waals surface area contributed by atoms with Crippen LogP contribution in [0.15, 0.2) is 24.3 Å². The lowest BCUT2D eigenvalue weighted by atomic mass is 9.98. The van der Waals surface area contributed by atoms with Gasteiger partial charge in [-0.1, -0.05) is 6.07 Å². The van der Waals surface area contributed by atoms with E-state index in [-0.39, 0.29) is 18.3 Å². The molecule has 98 valence electrons. The van der Waals surface area contributed by atoms with Gasteiger partial charge in [-0.25, -0.2) is 4.39 Å². The van der Waals surface area contributed by atoms with Crippen molar-refractivity contribution in [1.29, 1.82) is 0 Å². The quantitative estimate of drug-likeness (QED) is 0.882. The second-order valence-electron chi connectivity index (χ2n) is 4.49. The van der Waals surface area contributed by atoms with E-state index < -0.39 is 5.54 Å². The topological polar surface area (TPSA) is 55.6 Å². The number of nitrogens with two attached hydrogens (primary N) is 1. The van der Waals surface area contributed by atoms with Crippen LogP contribution >= 0.6 is 0 Å². The van der Waals surface area contributed by atoms with E-state index in [0.29, 0.717) is 25.3 Å². The zero-order chi connectivity index (χ0) is 13.2. The summed E-state index contributed by atoms with van der Waals surface area (Å²) in [5.74, 6) is -0.583. The van der Waals surface area contributed by atoms with Crippen LogP contribution in [0.1, 0.15) is 13.3 Å². The van der Waals surface area contributed by atoms with Crippen molar-refractivity contribution in [2.75, 3.05) is 24.7 Å². The molecule has 2 N–H and O–H groups in total. The molecule has 1 atom stereocenters. The Morgan fingerprint density at radius 1 is 1.61 bits per heavy atom. The number of ether oxygens (including phenoxy) is 1. The lowest BCUT2D eigenvalue weighted by molar-refractivity contribution is -0.123. The predicted molar refractivity (Wildman–Crippen MR) is 66.8 cm³/mol. The largest absolute Gasteiger partial charge is 0.379 e. The van der Waals surface area contributed by atoms with E-state index in [1.165, 1.54) is 17.0 Å². The molecule has 0 spiro atoms. The molecule has 1 heterocycles. The molecule has 1 aliphatic heterocycles. The van der Waals surface area contributed by atoms with Gasteiger partial charge in [0.2, 0.25) is 5.91 Å². The molecule has 18 heavy (non-hydrogen) atoms. The van der Waals surface area contributed by atoms with Gasteiger partial charge in [-0.2, -0.15) is 0 Å². The lowest BCUT2D eigenvalue weighted by Gasteiger charge is -2.29. The van der Waals surface area contributed by atoms with E-state index >= 15 is 0 Å². The molecule has 2 rings (SSSR count). The van der Waals surface area contributed by atoms with Crippen molar-refractivity contribution in [3.63, 3.8) is 0 Å². The highest BCUT2D eigenvalue weighted by molar-refractivity contribution is 6.00. The van der Waals surface area contributed by atoms with Gasteiger partial charge in [0.1, 0.15) is 11.4 Å². The minimum absolute atomic E-state index is 0.215. The Balaban J connectivity index is 2.26. The SMILES string of the molecule is CCN(C(=O)C1(N)CCOC1)c1cccc(F)c1. The molecule has 1 saturated heterocycles. The average Bonchev–Trinajstić information content (AvgIpc) is 2.78. The van der Waals surface area contributed by atoms with E-state index in [4.69, 9.17) is 10.5 Å². The molecular formula is C13H17FN2O2. The van der Waals surface area contributed by atoms with E-state index in [2.05, 4.69) is 0 Å². The van der Waals surface area contributed by atoms with E-state index in [0.717, 1.165) is 0 Å². The number of halogens is 1. The summed E-state index contributed by atoms with van der Waals surface area (Å²) in [5.41, 5.74) is 5.59. The molecule has 1 aromatic rings. The Morgan fingerprint density at radius 3 is 2.94 bits per heavy atom. The maximum Gasteiger partial charge on any atom is 0.249 e. The summed E-state index contributed by atoms with van der Waals surface area (Å²) in [6, 6.07) is 5.96. The summed E-state index contributed by atoms with van der Waals surface area (Å²) in [6.45, 7) is 2.99. The van der Waals surface area contributed by atoms with Gasteiger partial charge in [-0.05, 0) is 31.5 Å². The Kier molecular flexibility index (Phi) is 3.63. The van der Waals surface area contributed by atoms with E-state index in [1.54, 1.807) is 12.1 Å². The molecule has 0 saturated carbocycles. The fourth-order valence-electron chi connectivity index (χ4n) is 2.11. The third-order valence-corrected chi connectivity index (χ3v) is 3.16. The molecule has 1 amide bonds. The fraction of sp³-hybridized carbons (Fsp3) is 0.462. The first-order valence-electron chi connectivity index (χ1n) is 6.01. The van der Waals surface area contributed by atoms with Crippen LogP contribution in [0, 0.1) is 5.82 Å². The number of carbonyl (C=O) groups excluding carboxylic acids is 1. The number of amides is 1. The number of nitrogens with zero attached hydrogens (tertiary/aromatic N) is 1. The summed E-state index contributed by atoms with van der Waals surface area (Å²) in [6.07, 6.45) is 0.498. The van der Waals surface area contributed by atoms with Crippen LogP contribution in [-0.2, 0) is 9.53 Å². The Hall–Kier alpha value is -1.46. The van der Waals surface area contributed by atoms with Gasteiger partial charge in [-0.3, -0.25) is 4.79 Å². The third kappa shape index (κ3) is 2.37. The van der Waals surface area contributed by atoms with Crippen LogP contribution in [0.2, 0.25) is 0 Å². The predicted octanol–water partition coefficient (Wildman–Crippen LogP) is 1.30. The molecule has 1 fully saturated rings. The van der Waals surface area contributed by atoms with Crippen LogP contribution in [-0.4, -0.2) is 31.2 Å². The Labute approximate surface area is 106 Å². The number of carbonyl (C=O) groups is 1. The van der Waals surface area contributed by atoms with Crippen LogP contribution in [0.4, 0.5) is 10.1 Å². The van der Waals surface area contributed by atoms with Crippen LogP contribution in [0.5, 0.6) is 0 Å². The van der Waals surface area contributed by atoms with Crippen molar-refractivity contribution in [3.8, 4) is 0 Å². The maximum absolute atomic E-state index is 13.2. The van der Waals surface area contributed by atoms with Gasteiger partial charge in [0.25, 0.3) is 0 Å². The smallest absolute Gasteiger partial charge is 0.249 e. The molecule has 0 aromatic heterocycles. The standard InChI is InChI=1S/C13H17FN2O2/c1-2-16(11-5-3-4-10(14)8-11)12(17)13(15)6-7-18-9-13/h3-5,8H,2,6-7,9,15H2,1H3. The molecule has 1 unspecified atom stereocenters. The minimum atomic E-state index is -0.984. The Morgan fingerprint density at radius 2 is 2.39 bits per heavy atom. The maximum atomic E-state index is 13.2. The molecule has 5 heteroatoms. The first kappa shape index (κ1) is 13.0. The zero-order valence-electron chi connectivity index (χ0n) is 10.4. The Bertz CT molecular complexity index is 444. The summed E-state index contributed by atoms with van der Waals surface area (Å²) >= 11 is 0. The fourth-order valence-corrected chi connectivity index (χ4v) is 2.11. The van der Waals surface area contributed by atoms with Crippen molar-refractivity contribution >= 4 is 11.6 Å². The summed E-state index contributed by atoms with van der Waals surface area (Å²) in [4.78, 5) is 13.9. The van der Waals surface area contributed by atoms with Crippen LogP contribution in [0.25, 0.3) is 0 Å². The summed E-state index contributed by atoms with van der Waals surface area (Å²) < 4.78 is 18.4. The molecular weight excluding hydrogens is 235 g/mol. The first-order valence-corrected chi connectivity index (χ1v) is 6.01. The van der Waals surface area contributed by atoms with Crippen LogP contribution < -0.4 is 10.6 Å². The summed E-state index contributed by atoms with van der Waals surface area (Å²) in [7, 11) is 0. The number of likely N-dealkylation sites (N-methyl/N-ethyl adjacent to an activating group) is 1. The second kappa shape index (κ2) is 5.04. The van der Waals surface area contributed by atoms with Gasteiger partial charge in [0.05, 0.1) is 6.61 Å². The van der Waals surface area contributed by atoms with Gasteiger partial charge < -0.3 is 15.4 Å². The number of anilines is 1. The number of rotatable bonds is 3. The minimum Gasteiger partial charge on any atom is -0.379 e. The lowest BCUT2D eigenvalue weighted by Crippen LogP contribution is -2.56. The van der Waals surface area contributed by atoms with Gasteiger partial charge in [0, 0.05) is 18.8 Å². The van der Waals surface area contributed by atoms with Crippen molar-refractivity contribution in [3.05, 3.63) is 30.1 Å². The van der Waals surface area contributed by atoms with Crippen molar-refractivity contribution in [2.24, 2.45) is 5.73 Å². The molecule has 1 aromatic carbocycles. The van der Waals surface area contributed by atoms with Crippen molar-refractivity contribution < 1.29 is 13.9 Å². The molecule has 0 radical (unpaired) electrons. The van der Waals surface area contributed by atoms with Crippen LogP contribution in [0.3, 0.4) is 0 Å².